The molecule has 1 saturated heterocycles. The molecule has 33 heavy (non-hydrogen) atoms. The van der Waals surface area contributed by atoms with Crippen molar-refractivity contribution in [3.63, 3.8) is 0 Å². The van der Waals surface area contributed by atoms with Crippen LogP contribution in [0.2, 0.25) is 0 Å². The Balaban J connectivity index is 1.72. The summed E-state index contributed by atoms with van der Waals surface area (Å²) in [6, 6.07) is 11.1. The molecule has 0 spiro atoms. The molecule has 0 aromatic heterocycles. The van der Waals surface area contributed by atoms with Crippen molar-refractivity contribution in [3.8, 4) is 0 Å². The third-order valence-corrected chi connectivity index (χ3v) is 6.32. The van der Waals surface area contributed by atoms with Crippen LogP contribution >= 0.6 is 0 Å². The van der Waals surface area contributed by atoms with Gasteiger partial charge in [0.1, 0.15) is 0 Å². The van der Waals surface area contributed by atoms with Crippen LogP contribution in [0.1, 0.15) is 48.2 Å². The molecule has 3 amide bonds. The molecule has 3 N–H and O–H groups in total. The van der Waals surface area contributed by atoms with Gasteiger partial charge in [-0.15, -0.1) is 0 Å². The van der Waals surface area contributed by atoms with E-state index in [1.807, 2.05) is 44.2 Å². The van der Waals surface area contributed by atoms with Crippen LogP contribution in [0.3, 0.4) is 0 Å². The van der Waals surface area contributed by atoms with Gasteiger partial charge in [-0.1, -0.05) is 19.9 Å². The fourth-order valence-electron chi connectivity index (χ4n) is 4.10. The number of benzene rings is 2. The highest BCUT2D eigenvalue weighted by Gasteiger charge is 2.20. The smallest absolute Gasteiger partial charge is 0.323 e. The summed E-state index contributed by atoms with van der Waals surface area (Å²) in [5.41, 5.74) is 5.14. The van der Waals surface area contributed by atoms with Gasteiger partial charge < -0.3 is 25.8 Å². The van der Waals surface area contributed by atoms with E-state index in [1.165, 1.54) is 5.56 Å². The molecule has 1 aliphatic heterocycles. The Morgan fingerprint density at radius 2 is 1.55 bits per heavy atom. The summed E-state index contributed by atoms with van der Waals surface area (Å²) in [5, 5.41) is 8.80. The van der Waals surface area contributed by atoms with Crippen LogP contribution in [0.5, 0.6) is 0 Å². The standard InChI is InChI=1S/C26H37N5O2/c1-5-30(6-2)16-13-27-25(32)23-18-22(11-12-24(23)31-14-7-8-15-31)29-26(33)28-21-10-9-19(3)20(4)17-21/h9-12,17-18H,5-8,13-16H2,1-4H3,(H,27,32)(H2,28,29,33). The molecule has 0 radical (unpaired) electrons. The molecular formula is C26H37N5O2. The summed E-state index contributed by atoms with van der Waals surface area (Å²) in [4.78, 5) is 30.2. The maximum atomic E-state index is 13.1. The van der Waals surface area contributed by atoms with Crippen LogP contribution in [0.15, 0.2) is 36.4 Å². The lowest BCUT2D eigenvalue weighted by molar-refractivity contribution is 0.0949. The zero-order valence-corrected chi connectivity index (χ0v) is 20.3. The fourth-order valence-corrected chi connectivity index (χ4v) is 4.10. The molecule has 0 aliphatic carbocycles. The monoisotopic (exact) mass is 451 g/mol. The number of carbonyl (C=O) groups is 2. The normalized spacial score (nSPS) is 13.3. The van der Waals surface area contributed by atoms with Gasteiger partial charge in [0.15, 0.2) is 0 Å². The van der Waals surface area contributed by atoms with Crippen LogP contribution in [-0.2, 0) is 0 Å². The Kier molecular flexibility index (Phi) is 8.72. The second-order valence-electron chi connectivity index (χ2n) is 8.59. The number of hydrogen-bond donors (Lipinski definition) is 3. The van der Waals surface area contributed by atoms with E-state index < -0.39 is 0 Å². The predicted octanol–water partition coefficient (Wildman–Crippen LogP) is 4.62. The molecule has 0 bridgehead atoms. The number of carbonyl (C=O) groups excluding carboxylic acids is 2. The Morgan fingerprint density at radius 1 is 0.909 bits per heavy atom. The maximum Gasteiger partial charge on any atom is 0.323 e. The molecule has 1 heterocycles. The van der Waals surface area contributed by atoms with Crippen molar-refractivity contribution >= 4 is 29.0 Å². The van der Waals surface area contributed by atoms with Gasteiger partial charge in [0.05, 0.1) is 5.56 Å². The highest BCUT2D eigenvalue weighted by Crippen LogP contribution is 2.28. The SMILES string of the molecule is CCN(CC)CCNC(=O)c1cc(NC(=O)Nc2ccc(C)c(C)c2)ccc1N1CCCC1. The summed E-state index contributed by atoms with van der Waals surface area (Å²) >= 11 is 0. The minimum atomic E-state index is -0.333. The zero-order valence-electron chi connectivity index (χ0n) is 20.3. The van der Waals surface area contributed by atoms with Crippen LogP contribution in [0.25, 0.3) is 0 Å². The van der Waals surface area contributed by atoms with E-state index in [1.54, 1.807) is 6.07 Å². The average molecular weight is 452 g/mol. The third kappa shape index (κ3) is 6.71. The lowest BCUT2D eigenvalue weighted by Gasteiger charge is -2.23. The van der Waals surface area contributed by atoms with E-state index >= 15 is 0 Å². The van der Waals surface area contributed by atoms with Crippen molar-refractivity contribution in [2.75, 3.05) is 54.8 Å². The van der Waals surface area contributed by atoms with Crippen molar-refractivity contribution in [2.24, 2.45) is 0 Å². The van der Waals surface area contributed by atoms with Gasteiger partial charge in [-0.25, -0.2) is 4.79 Å². The van der Waals surface area contributed by atoms with Gasteiger partial charge in [-0.05, 0) is 81.2 Å². The number of rotatable bonds is 9. The molecule has 0 atom stereocenters. The summed E-state index contributed by atoms with van der Waals surface area (Å²) in [6.45, 7) is 13.5. The van der Waals surface area contributed by atoms with Crippen LogP contribution in [-0.4, -0.2) is 56.1 Å². The van der Waals surface area contributed by atoms with Gasteiger partial charge in [-0.2, -0.15) is 0 Å². The largest absolute Gasteiger partial charge is 0.371 e. The molecule has 0 unspecified atom stereocenters. The number of anilines is 3. The van der Waals surface area contributed by atoms with E-state index in [9.17, 15) is 9.59 Å². The lowest BCUT2D eigenvalue weighted by atomic mass is 10.1. The number of amides is 3. The Morgan fingerprint density at radius 3 is 2.18 bits per heavy atom. The first kappa shape index (κ1) is 24.6. The van der Waals surface area contributed by atoms with Crippen LogP contribution in [0.4, 0.5) is 21.9 Å². The summed E-state index contributed by atoms with van der Waals surface area (Å²) in [6.07, 6.45) is 2.25. The van der Waals surface area contributed by atoms with Gasteiger partial charge in [-0.3, -0.25) is 4.79 Å². The Hall–Kier alpha value is -3.06. The number of urea groups is 1. The number of aryl methyl sites for hydroxylation is 2. The topological polar surface area (TPSA) is 76.7 Å². The van der Waals surface area contributed by atoms with Crippen molar-refractivity contribution in [1.29, 1.82) is 0 Å². The molecule has 1 aliphatic rings. The van der Waals surface area contributed by atoms with Crippen molar-refractivity contribution in [3.05, 3.63) is 53.1 Å². The van der Waals surface area contributed by atoms with E-state index in [0.717, 1.165) is 62.5 Å². The van der Waals surface area contributed by atoms with Crippen molar-refractivity contribution < 1.29 is 9.59 Å². The van der Waals surface area contributed by atoms with Gasteiger partial charge in [0, 0.05) is 43.2 Å². The third-order valence-electron chi connectivity index (χ3n) is 6.32. The van der Waals surface area contributed by atoms with E-state index in [0.29, 0.717) is 17.8 Å². The highest BCUT2D eigenvalue weighted by molar-refractivity contribution is 6.04. The molecule has 7 nitrogen and oxygen atoms in total. The first-order valence-electron chi connectivity index (χ1n) is 12.0. The molecule has 7 heteroatoms. The predicted molar refractivity (Wildman–Crippen MR) is 137 cm³/mol. The van der Waals surface area contributed by atoms with E-state index in [4.69, 9.17) is 0 Å². The van der Waals surface area contributed by atoms with E-state index in [2.05, 4.69) is 39.6 Å². The summed E-state index contributed by atoms with van der Waals surface area (Å²) < 4.78 is 0. The molecule has 2 aromatic carbocycles. The molecular weight excluding hydrogens is 414 g/mol. The lowest BCUT2D eigenvalue weighted by Crippen LogP contribution is -2.35. The Bertz CT molecular complexity index is 965. The molecule has 178 valence electrons. The minimum absolute atomic E-state index is 0.109. The fraction of sp³-hybridized carbons (Fsp3) is 0.462. The summed E-state index contributed by atoms with van der Waals surface area (Å²) in [7, 11) is 0. The number of nitrogens with zero attached hydrogens (tertiary/aromatic N) is 2. The highest BCUT2D eigenvalue weighted by atomic mass is 16.2. The van der Waals surface area contributed by atoms with Crippen LogP contribution in [0, 0.1) is 13.8 Å². The maximum absolute atomic E-state index is 13.1. The number of hydrogen-bond acceptors (Lipinski definition) is 4. The second kappa shape index (κ2) is 11.7. The first-order valence-corrected chi connectivity index (χ1v) is 12.0. The van der Waals surface area contributed by atoms with Crippen molar-refractivity contribution in [2.45, 2.75) is 40.5 Å². The zero-order chi connectivity index (χ0) is 23.8. The van der Waals surface area contributed by atoms with E-state index in [-0.39, 0.29) is 11.9 Å². The van der Waals surface area contributed by atoms with Crippen molar-refractivity contribution in [1.82, 2.24) is 10.2 Å². The van der Waals surface area contributed by atoms with Gasteiger partial charge in [0.2, 0.25) is 0 Å². The summed E-state index contributed by atoms with van der Waals surface area (Å²) in [5.74, 6) is -0.109. The number of likely N-dealkylation sites (N-methyl/N-ethyl adjacent to an activating group) is 1. The van der Waals surface area contributed by atoms with Crippen LogP contribution < -0.4 is 20.9 Å². The molecule has 2 aromatic rings. The minimum Gasteiger partial charge on any atom is -0.371 e. The van der Waals surface area contributed by atoms with Gasteiger partial charge >= 0.3 is 6.03 Å². The molecule has 3 rings (SSSR count). The van der Waals surface area contributed by atoms with Gasteiger partial charge in [0.25, 0.3) is 5.91 Å². The quantitative estimate of drug-likeness (QED) is 0.520. The first-order chi connectivity index (χ1) is 15.9. The number of nitrogens with one attached hydrogen (secondary N) is 3. The Labute approximate surface area is 197 Å². The average Bonchev–Trinajstić information content (AvgIpc) is 3.34. The molecule has 1 fully saturated rings. The second-order valence-corrected chi connectivity index (χ2v) is 8.59. The molecule has 0 saturated carbocycles.